The molecule has 1 aromatic carbocycles. The minimum atomic E-state index is 0. The number of nitrogens with one attached hydrogen (secondary N) is 1. The number of guanidine groups is 1. The number of carbonyl (C=O) groups is 1. The molecule has 29 heavy (non-hydrogen) atoms. The van der Waals surface area contributed by atoms with Gasteiger partial charge in [0.05, 0.1) is 0 Å². The molecule has 1 fully saturated rings. The monoisotopic (exact) mass is 513 g/mol. The van der Waals surface area contributed by atoms with E-state index < -0.39 is 0 Å². The van der Waals surface area contributed by atoms with Crippen LogP contribution in [-0.4, -0.2) is 72.9 Å². The van der Waals surface area contributed by atoms with Crippen molar-refractivity contribution in [2.45, 2.75) is 51.7 Å². The highest BCUT2D eigenvalue weighted by Gasteiger charge is 2.25. The van der Waals surface area contributed by atoms with E-state index in [4.69, 9.17) is 0 Å². The number of hydrogen-bond donors (Lipinski definition) is 1. The largest absolute Gasteiger partial charge is 0.356 e. The predicted molar refractivity (Wildman–Crippen MR) is 130 cm³/mol. The summed E-state index contributed by atoms with van der Waals surface area (Å²) in [5.74, 6) is 1.16. The number of carbonyl (C=O) groups excluding carboxylic acids is 1. The molecule has 0 spiro atoms. The maximum Gasteiger partial charge on any atom is 0.223 e. The highest BCUT2D eigenvalue weighted by atomic mass is 127. The van der Waals surface area contributed by atoms with Crippen LogP contribution in [0, 0.1) is 0 Å². The van der Waals surface area contributed by atoms with Crippen molar-refractivity contribution in [3.8, 4) is 0 Å². The molecule has 0 saturated carbocycles. The molecule has 1 aromatic rings. The predicted octanol–water partition coefficient (Wildman–Crippen LogP) is 2.92. The average Bonchev–Trinajstić information content (AvgIpc) is 3.34. The van der Waals surface area contributed by atoms with E-state index in [0.29, 0.717) is 12.5 Å². The fourth-order valence-electron chi connectivity index (χ4n) is 4.41. The van der Waals surface area contributed by atoms with Gasteiger partial charge in [-0.1, -0.05) is 31.2 Å². The van der Waals surface area contributed by atoms with Gasteiger partial charge in [0.25, 0.3) is 0 Å². The highest BCUT2D eigenvalue weighted by molar-refractivity contribution is 14.0. The van der Waals surface area contributed by atoms with Crippen molar-refractivity contribution in [1.82, 2.24) is 20.0 Å². The molecule has 1 amide bonds. The van der Waals surface area contributed by atoms with Crippen molar-refractivity contribution in [2.75, 3.05) is 40.3 Å². The smallest absolute Gasteiger partial charge is 0.223 e. The van der Waals surface area contributed by atoms with Gasteiger partial charge < -0.3 is 15.1 Å². The number of rotatable bonds is 7. The number of benzene rings is 1. The quantitative estimate of drug-likeness (QED) is 0.264. The fourth-order valence-corrected chi connectivity index (χ4v) is 4.41. The van der Waals surface area contributed by atoms with E-state index in [-0.39, 0.29) is 29.9 Å². The number of likely N-dealkylation sites (tertiary alicyclic amines) is 1. The first-order valence-corrected chi connectivity index (χ1v) is 10.6. The molecule has 2 aliphatic rings. The molecule has 1 N–H and O–H groups in total. The Morgan fingerprint density at radius 2 is 1.97 bits per heavy atom. The SMILES string of the molecule is CCN1CCCC1CN(C)C(=NC)NCCCC(=O)N1Cc2ccccc2C1.I. The number of nitrogens with zero attached hydrogens (tertiary/aromatic N) is 4. The first-order valence-electron chi connectivity index (χ1n) is 10.6. The molecular weight excluding hydrogens is 477 g/mol. The van der Waals surface area contributed by atoms with Gasteiger partial charge in [0, 0.05) is 52.7 Å². The Bertz CT molecular complexity index is 671. The van der Waals surface area contributed by atoms with Crippen LogP contribution in [0.15, 0.2) is 29.3 Å². The zero-order valence-electron chi connectivity index (χ0n) is 18.1. The topological polar surface area (TPSA) is 51.2 Å². The third-order valence-electron chi connectivity index (χ3n) is 6.01. The van der Waals surface area contributed by atoms with Gasteiger partial charge in [-0.3, -0.25) is 14.7 Å². The van der Waals surface area contributed by atoms with Crippen LogP contribution in [0.25, 0.3) is 0 Å². The summed E-state index contributed by atoms with van der Waals surface area (Å²) < 4.78 is 0. The van der Waals surface area contributed by atoms with E-state index in [9.17, 15) is 4.79 Å². The van der Waals surface area contributed by atoms with Gasteiger partial charge in [-0.25, -0.2) is 0 Å². The van der Waals surface area contributed by atoms with E-state index in [1.807, 2.05) is 24.1 Å². The van der Waals surface area contributed by atoms with Crippen LogP contribution in [0.4, 0.5) is 0 Å². The number of amides is 1. The standard InChI is InChI=1S/C22H35N5O.HI/c1-4-26-14-8-11-20(26)17-25(3)22(23-2)24-13-7-12-21(28)27-15-18-9-5-6-10-19(18)16-27;/h5-6,9-10,20H,4,7-8,11-17H2,1-3H3,(H,23,24);1H. The highest BCUT2D eigenvalue weighted by Crippen LogP contribution is 2.23. The van der Waals surface area contributed by atoms with Crippen molar-refractivity contribution < 1.29 is 4.79 Å². The van der Waals surface area contributed by atoms with Crippen LogP contribution in [0.5, 0.6) is 0 Å². The molecule has 0 aliphatic carbocycles. The lowest BCUT2D eigenvalue weighted by Gasteiger charge is -2.29. The third kappa shape index (κ3) is 6.31. The van der Waals surface area contributed by atoms with Gasteiger partial charge in [-0.2, -0.15) is 0 Å². The molecular formula is C22H36IN5O. The molecule has 0 radical (unpaired) electrons. The van der Waals surface area contributed by atoms with E-state index in [1.54, 1.807) is 0 Å². The summed E-state index contributed by atoms with van der Waals surface area (Å²) in [5.41, 5.74) is 2.56. The van der Waals surface area contributed by atoms with Crippen LogP contribution >= 0.6 is 24.0 Å². The number of halogens is 1. The number of aliphatic imine (C=N–C) groups is 1. The average molecular weight is 513 g/mol. The van der Waals surface area contributed by atoms with Crippen molar-refractivity contribution in [2.24, 2.45) is 4.99 Å². The Morgan fingerprint density at radius 1 is 1.28 bits per heavy atom. The Morgan fingerprint density at radius 3 is 2.59 bits per heavy atom. The summed E-state index contributed by atoms with van der Waals surface area (Å²) in [6.07, 6.45) is 3.96. The number of fused-ring (bicyclic) bond motifs is 1. The lowest BCUT2D eigenvalue weighted by molar-refractivity contribution is -0.131. The Hall–Kier alpha value is -1.35. The van der Waals surface area contributed by atoms with E-state index in [0.717, 1.165) is 45.1 Å². The minimum Gasteiger partial charge on any atom is -0.356 e. The summed E-state index contributed by atoms with van der Waals surface area (Å²) >= 11 is 0. The first-order chi connectivity index (χ1) is 13.6. The van der Waals surface area contributed by atoms with Gasteiger partial charge in [0.1, 0.15) is 0 Å². The molecule has 2 heterocycles. The van der Waals surface area contributed by atoms with Crippen LogP contribution < -0.4 is 5.32 Å². The Labute approximate surface area is 192 Å². The molecule has 3 rings (SSSR count). The van der Waals surface area contributed by atoms with E-state index >= 15 is 0 Å². The van der Waals surface area contributed by atoms with Gasteiger partial charge >= 0.3 is 0 Å². The number of likely N-dealkylation sites (N-methyl/N-ethyl adjacent to an activating group) is 2. The minimum absolute atomic E-state index is 0. The van der Waals surface area contributed by atoms with Gasteiger partial charge in [0.2, 0.25) is 5.91 Å². The first kappa shape index (κ1) is 23.9. The lowest BCUT2D eigenvalue weighted by Crippen LogP contribution is -2.46. The second kappa shape index (κ2) is 11.7. The zero-order valence-corrected chi connectivity index (χ0v) is 20.4. The van der Waals surface area contributed by atoms with Crippen molar-refractivity contribution in [3.05, 3.63) is 35.4 Å². The van der Waals surface area contributed by atoms with Crippen molar-refractivity contribution in [3.63, 3.8) is 0 Å². The molecule has 7 heteroatoms. The summed E-state index contributed by atoms with van der Waals surface area (Å²) in [7, 11) is 3.94. The number of hydrogen-bond acceptors (Lipinski definition) is 3. The molecule has 1 saturated heterocycles. The van der Waals surface area contributed by atoms with E-state index in [1.165, 1.54) is 30.5 Å². The van der Waals surface area contributed by atoms with Gasteiger partial charge in [-0.15, -0.1) is 24.0 Å². The summed E-state index contributed by atoms with van der Waals surface area (Å²) in [4.78, 5) is 23.7. The summed E-state index contributed by atoms with van der Waals surface area (Å²) in [6.45, 7) is 7.84. The zero-order chi connectivity index (χ0) is 19.9. The van der Waals surface area contributed by atoms with Gasteiger partial charge in [0.15, 0.2) is 5.96 Å². The van der Waals surface area contributed by atoms with Crippen LogP contribution in [-0.2, 0) is 17.9 Å². The van der Waals surface area contributed by atoms with Crippen molar-refractivity contribution in [1.29, 1.82) is 0 Å². The molecule has 0 bridgehead atoms. The normalized spacial score (nSPS) is 19.1. The second-order valence-electron chi connectivity index (χ2n) is 7.90. The fraction of sp³-hybridized carbons (Fsp3) is 0.636. The maximum atomic E-state index is 12.5. The molecule has 1 unspecified atom stereocenters. The summed E-state index contributed by atoms with van der Waals surface area (Å²) in [6, 6.07) is 8.95. The van der Waals surface area contributed by atoms with Crippen molar-refractivity contribution >= 4 is 35.8 Å². The Balaban J connectivity index is 0.00000300. The maximum absolute atomic E-state index is 12.5. The lowest BCUT2D eigenvalue weighted by atomic mass is 10.1. The second-order valence-corrected chi connectivity index (χ2v) is 7.90. The third-order valence-corrected chi connectivity index (χ3v) is 6.01. The molecule has 0 aromatic heterocycles. The molecule has 6 nitrogen and oxygen atoms in total. The molecule has 162 valence electrons. The molecule has 2 aliphatic heterocycles. The summed E-state index contributed by atoms with van der Waals surface area (Å²) in [5, 5.41) is 3.43. The van der Waals surface area contributed by atoms with Gasteiger partial charge in [-0.05, 0) is 43.5 Å². The van der Waals surface area contributed by atoms with Crippen LogP contribution in [0.3, 0.4) is 0 Å². The Kier molecular flexibility index (Phi) is 9.68. The van der Waals surface area contributed by atoms with E-state index in [2.05, 4.69) is 46.2 Å². The molecule has 1 atom stereocenters. The van der Waals surface area contributed by atoms with Crippen LogP contribution in [0.1, 0.15) is 43.7 Å². The van der Waals surface area contributed by atoms with Crippen LogP contribution in [0.2, 0.25) is 0 Å².